The van der Waals surface area contributed by atoms with Crippen LogP contribution in [0.15, 0.2) is 23.4 Å². The van der Waals surface area contributed by atoms with Gasteiger partial charge >= 0.3 is 0 Å². The summed E-state index contributed by atoms with van der Waals surface area (Å²) in [6.45, 7) is 0. The first-order valence-electron chi connectivity index (χ1n) is 3.12. The highest BCUT2D eigenvalue weighted by molar-refractivity contribution is 7.80. The Morgan fingerprint density at radius 2 is 2.27 bits per heavy atom. The summed E-state index contributed by atoms with van der Waals surface area (Å²) >= 11 is 4.88. The van der Waals surface area contributed by atoms with Crippen LogP contribution < -0.4 is 11.5 Å². The maximum atomic E-state index is 10.7. The Bertz CT molecular complexity index is 278. The third kappa shape index (κ3) is 1.46. The molecule has 11 heavy (non-hydrogen) atoms. The summed E-state index contributed by atoms with van der Waals surface area (Å²) in [6, 6.07) is 0. The molecule has 4 N–H and O–H groups in total. The van der Waals surface area contributed by atoms with Crippen LogP contribution in [0.4, 0.5) is 0 Å². The quantitative estimate of drug-likeness (QED) is 0.542. The highest BCUT2D eigenvalue weighted by Crippen LogP contribution is 2.12. The van der Waals surface area contributed by atoms with Crippen molar-refractivity contribution in [2.45, 2.75) is 6.42 Å². The summed E-state index contributed by atoms with van der Waals surface area (Å²) in [4.78, 5) is 11.3. The van der Waals surface area contributed by atoms with E-state index in [1.165, 1.54) is 0 Å². The summed E-state index contributed by atoms with van der Waals surface area (Å²) in [6.07, 6.45) is 4.00. The molecule has 0 heterocycles. The van der Waals surface area contributed by atoms with Gasteiger partial charge in [-0.25, -0.2) is 0 Å². The summed E-state index contributed by atoms with van der Waals surface area (Å²) in [5.41, 5.74) is 11.2. The zero-order valence-corrected chi connectivity index (χ0v) is 6.65. The highest BCUT2D eigenvalue weighted by atomic mass is 32.1. The second-order valence-corrected chi connectivity index (χ2v) is 2.71. The standard InChI is InChI=1S/C7H8N2OS/c8-6-4(7(9)10)2-1-3-5(6)11/h1-2H,3,8H2,(H2,9,10). The van der Waals surface area contributed by atoms with Crippen LogP contribution in [0, 0.1) is 0 Å². The smallest absolute Gasteiger partial charge is 0.250 e. The number of thiocarbonyl (C=S) groups is 1. The number of hydrogen-bond donors (Lipinski definition) is 2. The van der Waals surface area contributed by atoms with E-state index in [2.05, 4.69) is 0 Å². The molecule has 0 bridgehead atoms. The molecule has 1 amide bonds. The predicted molar refractivity (Wildman–Crippen MR) is 46.8 cm³/mol. The molecule has 1 aliphatic rings. The van der Waals surface area contributed by atoms with E-state index < -0.39 is 5.91 Å². The van der Waals surface area contributed by atoms with Crippen molar-refractivity contribution in [3.05, 3.63) is 23.4 Å². The molecule has 0 unspecified atom stereocenters. The van der Waals surface area contributed by atoms with Gasteiger partial charge in [0, 0.05) is 11.3 Å². The lowest BCUT2D eigenvalue weighted by atomic mass is 10.0. The Morgan fingerprint density at radius 3 is 2.73 bits per heavy atom. The Morgan fingerprint density at radius 1 is 1.64 bits per heavy atom. The molecule has 0 saturated heterocycles. The molecule has 0 atom stereocenters. The van der Waals surface area contributed by atoms with Crippen LogP contribution in [0.5, 0.6) is 0 Å². The van der Waals surface area contributed by atoms with E-state index in [1.54, 1.807) is 12.2 Å². The van der Waals surface area contributed by atoms with Gasteiger partial charge in [0.15, 0.2) is 0 Å². The largest absolute Gasteiger partial charge is 0.397 e. The minimum absolute atomic E-state index is 0.321. The van der Waals surface area contributed by atoms with Crippen molar-refractivity contribution in [1.82, 2.24) is 0 Å². The van der Waals surface area contributed by atoms with E-state index in [0.717, 1.165) is 0 Å². The fourth-order valence-corrected chi connectivity index (χ4v) is 1.05. The number of nitrogens with two attached hydrogens (primary N) is 2. The van der Waals surface area contributed by atoms with Gasteiger partial charge in [-0.1, -0.05) is 24.4 Å². The molecule has 1 aliphatic carbocycles. The summed E-state index contributed by atoms with van der Waals surface area (Å²) in [5, 5.41) is 0. The number of primary amides is 1. The van der Waals surface area contributed by atoms with Gasteiger partial charge in [0.2, 0.25) is 0 Å². The monoisotopic (exact) mass is 168 g/mol. The van der Waals surface area contributed by atoms with Crippen LogP contribution in [-0.2, 0) is 4.79 Å². The van der Waals surface area contributed by atoms with Crippen molar-refractivity contribution in [3.63, 3.8) is 0 Å². The third-order valence-corrected chi connectivity index (χ3v) is 1.83. The van der Waals surface area contributed by atoms with Gasteiger partial charge < -0.3 is 11.5 Å². The molecule has 0 aliphatic heterocycles. The van der Waals surface area contributed by atoms with Gasteiger partial charge in [-0.15, -0.1) is 0 Å². The minimum atomic E-state index is -0.527. The second-order valence-electron chi connectivity index (χ2n) is 2.22. The molecule has 0 aromatic carbocycles. The summed E-state index contributed by atoms with van der Waals surface area (Å²) < 4.78 is 0. The zero-order valence-electron chi connectivity index (χ0n) is 5.83. The summed E-state index contributed by atoms with van der Waals surface area (Å²) in [5.74, 6) is -0.527. The minimum Gasteiger partial charge on any atom is -0.397 e. The van der Waals surface area contributed by atoms with Crippen LogP contribution in [0.1, 0.15) is 6.42 Å². The lowest BCUT2D eigenvalue weighted by Crippen LogP contribution is -2.23. The van der Waals surface area contributed by atoms with Gasteiger partial charge in [-0.05, 0) is 0 Å². The number of amides is 1. The maximum Gasteiger partial charge on any atom is 0.250 e. The zero-order chi connectivity index (χ0) is 8.43. The molecule has 3 nitrogen and oxygen atoms in total. The number of rotatable bonds is 1. The van der Waals surface area contributed by atoms with Crippen molar-refractivity contribution in [2.75, 3.05) is 0 Å². The van der Waals surface area contributed by atoms with Crippen molar-refractivity contribution in [2.24, 2.45) is 11.5 Å². The highest BCUT2D eigenvalue weighted by Gasteiger charge is 2.13. The normalized spacial score (nSPS) is 17.3. The van der Waals surface area contributed by atoms with Gasteiger partial charge in [0.25, 0.3) is 5.91 Å². The molecular formula is C7H8N2OS. The maximum absolute atomic E-state index is 10.7. The lowest BCUT2D eigenvalue weighted by Gasteiger charge is -2.09. The van der Waals surface area contributed by atoms with Crippen molar-refractivity contribution in [1.29, 1.82) is 0 Å². The Balaban J connectivity index is 3.08. The molecule has 0 spiro atoms. The van der Waals surface area contributed by atoms with E-state index in [4.69, 9.17) is 23.7 Å². The van der Waals surface area contributed by atoms with Crippen LogP contribution in [0.3, 0.4) is 0 Å². The Labute approximate surface area is 69.7 Å². The van der Waals surface area contributed by atoms with Gasteiger partial charge in [-0.2, -0.15) is 0 Å². The number of carbonyl (C=O) groups excluding carboxylic acids is 1. The number of allylic oxidation sites excluding steroid dienone is 2. The molecule has 58 valence electrons. The fraction of sp³-hybridized carbons (Fsp3) is 0.143. The third-order valence-electron chi connectivity index (χ3n) is 1.44. The Kier molecular flexibility index (Phi) is 2.05. The van der Waals surface area contributed by atoms with Crippen LogP contribution in [0.2, 0.25) is 0 Å². The molecule has 0 aromatic heterocycles. The topological polar surface area (TPSA) is 69.1 Å². The first-order chi connectivity index (χ1) is 5.13. The molecule has 4 heteroatoms. The van der Waals surface area contributed by atoms with E-state index >= 15 is 0 Å². The first-order valence-corrected chi connectivity index (χ1v) is 3.53. The average molecular weight is 168 g/mol. The van der Waals surface area contributed by atoms with Crippen molar-refractivity contribution >= 4 is 23.0 Å². The van der Waals surface area contributed by atoms with Gasteiger partial charge in [0.05, 0.1) is 11.3 Å². The molecular weight excluding hydrogens is 160 g/mol. The van der Waals surface area contributed by atoms with Crippen LogP contribution in [0.25, 0.3) is 0 Å². The second kappa shape index (κ2) is 2.84. The SMILES string of the molecule is NC(=O)C1=C(N)C(=S)CC=C1. The fourth-order valence-electron chi connectivity index (χ4n) is 0.849. The van der Waals surface area contributed by atoms with Crippen LogP contribution in [-0.4, -0.2) is 10.8 Å². The number of carbonyl (C=O) groups is 1. The van der Waals surface area contributed by atoms with E-state index in [0.29, 0.717) is 22.6 Å². The predicted octanol–water partition coefficient (Wildman–Crippen LogP) is 0.0143. The molecule has 0 saturated carbocycles. The first kappa shape index (κ1) is 7.94. The van der Waals surface area contributed by atoms with Crippen LogP contribution >= 0.6 is 12.2 Å². The van der Waals surface area contributed by atoms with Gasteiger partial charge in [-0.3, -0.25) is 4.79 Å². The van der Waals surface area contributed by atoms with Crippen molar-refractivity contribution < 1.29 is 4.79 Å². The molecule has 0 fully saturated rings. The molecule has 1 rings (SSSR count). The summed E-state index contributed by atoms with van der Waals surface area (Å²) in [7, 11) is 0. The van der Waals surface area contributed by atoms with E-state index in [1.807, 2.05) is 0 Å². The van der Waals surface area contributed by atoms with E-state index in [-0.39, 0.29) is 0 Å². The van der Waals surface area contributed by atoms with Crippen molar-refractivity contribution in [3.8, 4) is 0 Å². The van der Waals surface area contributed by atoms with E-state index in [9.17, 15) is 4.79 Å². The molecule has 0 aromatic rings. The molecule has 0 radical (unpaired) electrons. The Hall–Kier alpha value is -1.16. The van der Waals surface area contributed by atoms with Gasteiger partial charge in [0.1, 0.15) is 0 Å². The number of hydrogen-bond acceptors (Lipinski definition) is 3. The average Bonchev–Trinajstić information content (AvgIpc) is 1.94. The lowest BCUT2D eigenvalue weighted by molar-refractivity contribution is -0.114.